The van der Waals surface area contributed by atoms with E-state index >= 15 is 0 Å². The van der Waals surface area contributed by atoms with Gasteiger partial charge in [-0.3, -0.25) is 9.48 Å². The van der Waals surface area contributed by atoms with Gasteiger partial charge in [0, 0.05) is 25.2 Å². The summed E-state index contributed by atoms with van der Waals surface area (Å²) >= 11 is 0. The molecule has 2 heterocycles. The highest BCUT2D eigenvalue weighted by Crippen LogP contribution is 2.27. The lowest BCUT2D eigenvalue weighted by Gasteiger charge is -2.34. The molecule has 2 aromatic rings. The Morgan fingerprint density at radius 3 is 2.71 bits per heavy atom. The molecule has 7 heteroatoms. The number of fused-ring (bicyclic) bond motifs is 1. The number of carboxylic acids is 1. The van der Waals surface area contributed by atoms with Crippen LogP contribution in [0.4, 0.5) is 4.39 Å². The summed E-state index contributed by atoms with van der Waals surface area (Å²) in [5, 5.41) is 13.7. The molecule has 24 heavy (non-hydrogen) atoms. The van der Waals surface area contributed by atoms with E-state index in [9.17, 15) is 19.1 Å². The third-order valence-corrected chi connectivity index (χ3v) is 4.23. The average Bonchev–Trinajstić information content (AvgIpc) is 3.03. The van der Waals surface area contributed by atoms with Crippen LogP contribution in [0.15, 0.2) is 30.5 Å². The maximum atomic E-state index is 13.9. The van der Waals surface area contributed by atoms with Crippen molar-refractivity contribution < 1.29 is 19.1 Å². The fourth-order valence-corrected chi connectivity index (χ4v) is 2.90. The van der Waals surface area contributed by atoms with Crippen LogP contribution in [0, 0.1) is 5.82 Å². The smallest absolute Gasteiger partial charge is 0.326 e. The molecule has 1 N–H and O–H groups in total. The van der Waals surface area contributed by atoms with Gasteiger partial charge in [-0.2, -0.15) is 5.10 Å². The number of carbonyl (C=O) groups is 2. The van der Waals surface area contributed by atoms with Crippen LogP contribution in [0.1, 0.15) is 41.5 Å². The third kappa shape index (κ3) is 2.77. The number of aromatic nitrogens is 2. The van der Waals surface area contributed by atoms with Crippen molar-refractivity contribution in [3.63, 3.8) is 0 Å². The van der Waals surface area contributed by atoms with Crippen molar-refractivity contribution in [2.75, 3.05) is 0 Å². The monoisotopic (exact) mass is 331 g/mol. The van der Waals surface area contributed by atoms with E-state index in [0.717, 1.165) is 0 Å². The van der Waals surface area contributed by atoms with Crippen LogP contribution >= 0.6 is 0 Å². The zero-order chi connectivity index (χ0) is 17.4. The van der Waals surface area contributed by atoms with Crippen LogP contribution in [0.2, 0.25) is 0 Å². The van der Waals surface area contributed by atoms with Crippen LogP contribution in [-0.4, -0.2) is 37.7 Å². The number of nitrogens with zero attached hydrogens (tertiary/aromatic N) is 3. The van der Waals surface area contributed by atoms with E-state index < -0.39 is 23.7 Å². The molecule has 6 nitrogen and oxygen atoms in total. The van der Waals surface area contributed by atoms with Crippen molar-refractivity contribution in [3.05, 3.63) is 53.1 Å². The minimum absolute atomic E-state index is 0.0476. The first kappa shape index (κ1) is 16.2. The lowest BCUT2D eigenvalue weighted by molar-refractivity contribution is -0.142. The van der Waals surface area contributed by atoms with Gasteiger partial charge in [-0.1, -0.05) is 12.1 Å². The van der Waals surface area contributed by atoms with Crippen molar-refractivity contribution in [1.82, 2.24) is 14.7 Å². The number of carboxylic acid groups (broad SMARTS) is 1. The number of hydrogen-bond donors (Lipinski definition) is 1. The Balaban J connectivity index is 1.95. The summed E-state index contributed by atoms with van der Waals surface area (Å²) in [4.78, 5) is 25.6. The molecule has 0 saturated carbocycles. The Morgan fingerprint density at radius 2 is 2.08 bits per heavy atom. The Labute approximate surface area is 138 Å². The van der Waals surface area contributed by atoms with E-state index in [-0.39, 0.29) is 24.7 Å². The molecule has 3 rings (SSSR count). The molecule has 0 bridgehead atoms. The molecule has 1 aliphatic heterocycles. The molecule has 0 aliphatic carbocycles. The largest absolute Gasteiger partial charge is 0.480 e. The van der Waals surface area contributed by atoms with Gasteiger partial charge in [-0.05, 0) is 37.1 Å². The second-order valence-corrected chi connectivity index (χ2v) is 6.14. The van der Waals surface area contributed by atoms with E-state index in [4.69, 9.17) is 0 Å². The Kier molecular flexibility index (Phi) is 4.09. The molecule has 0 radical (unpaired) electrons. The molecule has 1 aromatic heterocycles. The number of halogens is 1. The molecule has 0 spiro atoms. The predicted octanol–water partition coefficient (Wildman–Crippen LogP) is 2.25. The van der Waals surface area contributed by atoms with E-state index in [0.29, 0.717) is 11.1 Å². The minimum Gasteiger partial charge on any atom is -0.480 e. The topological polar surface area (TPSA) is 75.4 Å². The fraction of sp³-hybridized carbons (Fsp3) is 0.353. The van der Waals surface area contributed by atoms with E-state index in [1.165, 1.54) is 11.0 Å². The van der Waals surface area contributed by atoms with Crippen molar-refractivity contribution in [2.45, 2.75) is 38.9 Å². The molecule has 0 saturated heterocycles. The summed E-state index contributed by atoms with van der Waals surface area (Å²) in [6.45, 7) is 3.92. The zero-order valence-corrected chi connectivity index (χ0v) is 13.4. The minimum atomic E-state index is -1.15. The second kappa shape index (κ2) is 6.07. The van der Waals surface area contributed by atoms with Crippen LogP contribution < -0.4 is 0 Å². The highest BCUT2D eigenvalue weighted by Gasteiger charge is 2.36. The molecule has 1 amide bonds. The Hall–Kier alpha value is -2.70. The molecule has 1 aromatic carbocycles. The standard InChI is InChI=1S/C17H18FN3O3/c1-10(2)21-7-6-14(19-21)16(22)20-9-11-4-3-5-13(18)12(11)8-15(20)17(23)24/h3-7,10,15H,8-9H2,1-2H3,(H,23,24). The van der Waals surface area contributed by atoms with Gasteiger partial charge in [-0.15, -0.1) is 0 Å². The first-order valence-corrected chi connectivity index (χ1v) is 7.73. The van der Waals surface area contributed by atoms with E-state index in [1.807, 2.05) is 13.8 Å². The maximum Gasteiger partial charge on any atom is 0.326 e. The summed E-state index contributed by atoms with van der Waals surface area (Å²) in [5.41, 5.74) is 1.18. The molecule has 1 atom stereocenters. The normalized spacial score (nSPS) is 17.0. The van der Waals surface area contributed by atoms with Crippen LogP contribution in [0.5, 0.6) is 0 Å². The molecule has 1 unspecified atom stereocenters. The summed E-state index contributed by atoms with van der Waals surface area (Å²) in [5.74, 6) is -2.05. The van der Waals surface area contributed by atoms with Gasteiger partial charge in [0.25, 0.3) is 5.91 Å². The van der Waals surface area contributed by atoms with Gasteiger partial charge < -0.3 is 10.0 Å². The highest BCUT2D eigenvalue weighted by atomic mass is 19.1. The SMILES string of the molecule is CC(C)n1ccc(C(=O)N2Cc3cccc(F)c3CC2C(=O)O)n1. The van der Waals surface area contributed by atoms with Crippen LogP contribution in [-0.2, 0) is 17.8 Å². The number of aliphatic carboxylic acids is 1. The maximum absolute atomic E-state index is 13.9. The van der Waals surface area contributed by atoms with Crippen LogP contribution in [0.25, 0.3) is 0 Å². The molecule has 1 aliphatic rings. The molecular weight excluding hydrogens is 313 g/mol. The summed E-state index contributed by atoms with van der Waals surface area (Å²) in [6.07, 6.45) is 1.64. The average molecular weight is 331 g/mol. The van der Waals surface area contributed by atoms with Gasteiger partial charge in [0.2, 0.25) is 0 Å². The first-order chi connectivity index (χ1) is 11.4. The second-order valence-electron chi connectivity index (χ2n) is 6.14. The quantitative estimate of drug-likeness (QED) is 0.936. The zero-order valence-electron chi connectivity index (χ0n) is 13.4. The molecular formula is C17H18FN3O3. The number of carbonyl (C=O) groups excluding carboxylic acids is 1. The van der Waals surface area contributed by atoms with Crippen LogP contribution in [0.3, 0.4) is 0 Å². The summed E-state index contributed by atoms with van der Waals surface area (Å²) in [6, 6.07) is 5.14. The molecule has 0 fully saturated rings. The van der Waals surface area contributed by atoms with Crippen molar-refractivity contribution in [1.29, 1.82) is 0 Å². The number of hydrogen-bond acceptors (Lipinski definition) is 3. The summed E-state index contributed by atoms with van der Waals surface area (Å²) < 4.78 is 15.6. The fourth-order valence-electron chi connectivity index (χ4n) is 2.90. The van der Waals surface area contributed by atoms with Crippen molar-refractivity contribution in [3.8, 4) is 0 Å². The van der Waals surface area contributed by atoms with Gasteiger partial charge in [-0.25, -0.2) is 9.18 Å². The lowest BCUT2D eigenvalue weighted by Crippen LogP contribution is -2.49. The van der Waals surface area contributed by atoms with Gasteiger partial charge in [0.15, 0.2) is 0 Å². The van der Waals surface area contributed by atoms with Crippen molar-refractivity contribution >= 4 is 11.9 Å². The third-order valence-electron chi connectivity index (χ3n) is 4.23. The van der Waals surface area contributed by atoms with Gasteiger partial charge >= 0.3 is 5.97 Å². The number of amides is 1. The number of benzene rings is 1. The lowest BCUT2D eigenvalue weighted by atomic mass is 9.93. The summed E-state index contributed by atoms with van der Waals surface area (Å²) in [7, 11) is 0. The van der Waals surface area contributed by atoms with E-state index in [1.54, 1.807) is 29.1 Å². The highest BCUT2D eigenvalue weighted by molar-refractivity contribution is 5.95. The van der Waals surface area contributed by atoms with Crippen molar-refractivity contribution in [2.24, 2.45) is 0 Å². The molecule has 126 valence electrons. The first-order valence-electron chi connectivity index (χ1n) is 7.73. The predicted molar refractivity (Wildman–Crippen MR) is 84.0 cm³/mol. The van der Waals surface area contributed by atoms with E-state index in [2.05, 4.69) is 5.10 Å². The van der Waals surface area contributed by atoms with Gasteiger partial charge in [0.1, 0.15) is 17.6 Å². The Morgan fingerprint density at radius 1 is 1.33 bits per heavy atom. The Bertz CT molecular complexity index is 800. The van der Waals surface area contributed by atoms with Gasteiger partial charge in [0.05, 0.1) is 0 Å². The number of rotatable bonds is 3.